The van der Waals surface area contributed by atoms with Gasteiger partial charge in [-0.25, -0.2) is 13.6 Å². The summed E-state index contributed by atoms with van der Waals surface area (Å²) in [6, 6.07) is 6.17. The highest BCUT2D eigenvalue weighted by Crippen LogP contribution is 2.37. The van der Waals surface area contributed by atoms with Crippen LogP contribution >= 0.6 is 0 Å². The molecule has 0 bridgehead atoms. The van der Waals surface area contributed by atoms with E-state index in [1.54, 1.807) is 0 Å². The molecule has 1 saturated carbocycles. The number of carbonyl (C=O) groups excluding carboxylic acids is 1. The third-order valence-electron chi connectivity index (χ3n) is 6.29. The largest absolute Gasteiger partial charge is 0.433 e. The van der Waals surface area contributed by atoms with Crippen molar-refractivity contribution in [3.05, 3.63) is 58.7 Å². The van der Waals surface area contributed by atoms with Crippen LogP contribution in [-0.2, 0) is 28.7 Å². The molecule has 1 amide bonds. The first-order valence-electron chi connectivity index (χ1n) is 11.0. The number of rotatable bonds is 8. The Labute approximate surface area is 198 Å². The summed E-state index contributed by atoms with van der Waals surface area (Å²) >= 11 is -2.43. The van der Waals surface area contributed by atoms with Crippen LogP contribution in [0.2, 0.25) is 0 Å². The Hall–Kier alpha value is -2.53. The minimum atomic E-state index is -4.55. The molecule has 1 aromatic heterocycles. The molecule has 0 saturated heterocycles. The van der Waals surface area contributed by atoms with Crippen molar-refractivity contribution >= 4 is 22.9 Å². The highest BCUT2D eigenvalue weighted by atomic mass is 32.2. The van der Waals surface area contributed by atoms with Gasteiger partial charge in [0.1, 0.15) is 11.5 Å². The van der Waals surface area contributed by atoms with Gasteiger partial charge in [0.05, 0.1) is 11.6 Å². The second kappa shape index (κ2) is 10.8. The van der Waals surface area contributed by atoms with E-state index in [0.717, 1.165) is 48.5 Å². The van der Waals surface area contributed by atoms with Crippen molar-refractivity contribution < 1.29 is 31.1 Å². The number of benzene rings is 1. The highest BCUT2D eigenvalue weighted by Gasteiger charge is 2.34. The third kappa shape index (κ3) is 6.12. The summed E-state index contributed by atoms with van der Waals surface area (Å²) in [5, 5.41) is 0. The Balaban J connectivity index is 1.87. The molecule has 1 heterocycles. The highest BCUT2D eigenvalue weighted by molar-refractivity contribution is 7.80. The Kier molecular flexibility index (Phi) is 8.29. The van der Waals surface area contributed by atoms with Gasteiger partial charge in [-0.15, -0.1) is 0 Å². The molecule has 6 nitrogen and oxygen atoms in total. The Bertz CT molecular complexity index is 1060. The van der Waals surface area contributed by atoms with Crippen molar-refractivity contribution in [2.24, 2.45) is 5.73 Å². The molecule has 1 aliphatic carbocycles. The van der Waals surface area contributed by atoms with Gasteiger partial charge in [0.2, 0.25) is 5.91 Å². The number of primary amides is 1. The molecule has 3 N–H and O–H groups in total. The number of carbonyl (C=O) groups is 1. The molecule has 11 heteroatoms. The van der Waals surface area contributed by atoms with E-state index in [-0.39, 0.29) is 30.0 Å². The number of nitrogens with two attached hydrogens (primary N) is 1. The van der Waals surface area contributed by atoms with Crippen LogP contribution in [0.25, 0.3) is 0 Å². The van der Waals surface area contributed by atoms with Gasteiger partial charge in [0.25, 0.3) is 11.3 Å². The first kappa shape index (κ1) is 26.1. The van der Waals surface area contributed by atoms with Crippen molar-refractivity contribution in [1.29, 1.82) is 0 Å². The summed E-state index contributed by atoms with van der Waals surface area (Å²) in [7, 11) is 1.24. The lowest BCUT2D eigenvalue weighted by Gasteiger charge is -2.25. The predicted octanol–water partition coefficient (Wildman–Crippen LogP) is 5.06. The van der Waals surface area contributed by atoms with Gasteiger partial charge in [-0.05, 0) is 55.0 Å². The Morgan fingerprint density at radius 2 is 1.91 bits per heavy atom. The number of anilines is 1. The van der Waals surface area contributed by atoms with Crippen LogP contribution in [0.4, 0.5) is 23.2 Å². The van der Waals surface area contributed by atoms with Gasteiger partial charge >= 0.3 is 6.18 Å². The molecule has 0 spiro atoms. The molecule has 0 aliphatic heterocycles. The van der Waals surface area contributed by atoms with Gasteiger partial charge in [0, 0.05) is 18.7 Å². The number of alkyl halides is 3. The topological polar surface area (TPSA) is 96.5 Å². The predicted molar refractivity (Wildman–Crippen MR) is 121 cm³/mol. The molecule has 3 rings (SSSR count). The monoisotopic (exact) mass is 501 g/mol. The van der Waals surface area contributed by atoms with Crippen molar-refractivity contribution in [2.75, 3.05) is 11.4 Å². The smallest absolute Gasteiger partial charge is 0.369 e. The quantitative estimate of drug-likeness (QED) is 0.390. The first-order valence-corrected chi connectivity index (χ1v) is 12.1. The Morgan fingerprint density at radius 1 is 1.24 bits per heavy atom. The van der Waals surface area contributed by atoms with Crippen molar-refractivity contribution in [3.63, 3.8) is 0 Å². The normalized spacial score (nSPS) is 16.8. The molecule has 0 radical (unpaired) electrons. The van der Waals surface area contributed by atoms with Gasteiger partial charge in [0.15, 0.2) is 0 Å². The van der Waals surface area contributed by atoms with E-state index in [1.807, 2.05) is 0 Å². The number of amides is 1. The van der Waals surface area contributed by atoms with E-state index in [4.69, 9.17) is 10.3 Å². The number of aromatic nitrogens is 1. The van der Waals surface area contributed by atoms with Crippen LogP contribution in [0.15, 0.2) is 30.3 Å². The molecule has 2 atom stereocenters. The number of aryl methyl sites for hydroxylation is 1. The Morgan fingerprint density at radius 3 is 2.47 bits per heavy atom. The number of nitrogens with zero attached hydrogens (tertiary/aromatic N) is 2. The molecular formula is C23H27F4N3O3S. The van der Waals surface area contributed by atoms with Crippen LogP contribution in [0.1, 0.15) is 72.9 Å². The van der Waals surface area contributed by atoms with Crippen LogP contribution < -0.4 is 10.0 Å². The maximum Gasteiger partial charge on any atom is 0.433 e. The lowest BCUT2D eigenvalue weighted by atomic mass is 9.83. The maximum absolute atomic E-state index is 14.6. The van der Waals surface area contributed by atoms with Gasteiger partial charge in [-0.3, -0.25) is 13.7 Å². The zero-order chi connectivity index (χ0) is 25.0. The van der Waals surface area contributed by atoms with Gasteiger partial charge in [-0.1, -0.05) is 31.4 Å². The molecule has 2 aromatic rings. The van der Waals surface area contributed by atoms with Gasteiger partial charge < -0.3 is 5.73 Å². The lowest BCUT2D eigenvalue weighted by molar-refractivity contribution is -0.141. The fourth-order valence-corrected chi connectivity index (χ4v) is 4.77. The van der Waals surface area contributed by atoms with E-state index in [1.165, 1.54) is 25.2 Å². The zero-order valence-corrected chi connectivity index (χ0v) is 19.5. The minimum Gasteiger partial charge on any atom is -0.369 e. The lowest BCUT2D eigenvalue weighted by Crippen LogP contribution is -2.24. The van der Waals surface area contributed by atoms with E-state index < -0.39 is 40.8 Å². The number of halogens is 4. The van der Waals surface area contributed by atoms with Crippen LogP contribution in [0, 0.1) is 5.82 Å². The van der Waals surface area contributed by atoms with Crippen LogP contribution in [-0.4, -0.2) is 26.7 Å². The number of hydrogen-bond donors (Lipinski definition) is 2. The van der Waals surface area contributed by atoms with Crippen molar-refractivity contribution in [2.45, 2.75) is 63.0 Å². The molecule has 34 heavy (non-hydrogen) atoms. The van der Waals surface area contributed by atoms with Crippen molar-refractivity contribution in [1.82, 2.24) is 4.98 Å². The standard InChI is InChI=1S/C23H27F4N3O3S/c1-30(34(32)33)19-11-8-16(13-18(19)24)17(22(28)31)10-7-15-9-12-20(23(25,26)27)29-21(15)14-5-3-2-4-6-14/h8-9,11-14,17H,2-7,10H2,1H3,(H2,28,31)(H,32,33). The molecule has 186 valence electrons. The number of hydrogen-bond acceptors (Lipinski definition) is 3. The second-order valence-electron chi connectivity index (χ2n) is 8.51. The maximum atomic E-state index is 14.6. The minimum absolute atomic E-state index is 0.0790. The number of pyridine rings is 1. The average Bonchev–Trinajstić information content (AvgIpc) is 2.78. The molecular weight excluding hydrogens is 474 g/mol. The summed E-state index contributed by atoms with van der Waals surface area (Å²) in [6.45, 7) is 0. The van der Waals surface area contributed by atoms with E-state index in [9.17, 15) is 26.6 Å². The van der Waals surface area contributed by atoms with E-state index >= 15 is 0 Å². The van der Waals surface area contributed by atoms with E-state index in [2.05, 4.69) is 4.98 Å². The summed E-state index contributed by atoms with van der Waals surface area (Å²) < 4.78 is 75.6. The molecule has 1 aromatic carbocycles. The third-order valence-corrected chi connectivity index (χ3v) is 6.95. The first-order chi connectivity index (χ1) is 16.0. The summed E-state index contributed by atoms with van der Waals surface area (Å²) in [5.74, 6) is -2.47. The molecule has 1 fully saturated rings. The summed E-state index contributed by atoms with van der Waals surface area (Å²) in [4.78, 5) is 16.1. The van der Waals surface area contributed by atoms with Gasteiger partial charge in [-0.2, -0.15) is 13.2 Å². The van der Waals surface area contributed by atoms with Crippen molar-refractivity contribution in [3.8, 4) is 0 Å². The second-order valence-corrected chi connectivity index (χ2v) is 9.52. The fourth-order valence-electron chi connectivity index (χ4n) is 4.45. The molecule has 2 unspecified atom stereocenters. The van der Waals surface area contributed by atoms with E-state index in [0.29, 0.717) is 11.3 Å². The van der Waals surface area contributed by atoms with Crippen LogP contribution in [0.3, 0.4) is 0 Å². The zero-order valence-electron chi connectivity index (χ0n) is 18.6. The summed E-state index contributed by atoms with van der Waals surface area (Å²) in [5.41, 5.74) is 5.82. The SMILES string of the molecule is CN(c1ccc(C(CCc2ccc(C(F)(F)F)nc2C2CCCCC2)C(N)=O)cc1F)S(=O)O. The summed E-state index contributed by atoms with van der Waals surface area (Å²) in [6.07, 6.45) is 0.240. The fraction of sp³-hybridized carbons (Fsp3) is 0.478. The van der Waals surface area contributed by atoms with Crippen LogP contribution in [0.5, 0.6) is 0 Å². The average molecular weight is 502 g/mol. The molecule has 1 aliphatic rings.